The zero-order valence-electron chi connectivity index (χ0n) is 20.1. The van der Waals surface area contributed by atoms with Crippen molar-refractivity contribution in [3.8, 4) is 5.75 Å². The highest BCUT2D eigenvalue weighted by atomic mass is 19.1. The summed E-state index contributed by atoms with van der Waals surface area (Å²) in [7, 11) is 0. The van der Waals surface area contributed by atoms with E-state index in [1.165, 1.54) is 24.3 Å². The van der Waals surface area contributed by atoms with Gasteiger partial charge in [0, 0.05) is 5.69 Å². The number of carbonyl (C=O) groups is 1. The van der Waals surface area contributed by atoms with Crippen LogP contribution in [0.5, 0.6) is 5.75 Å². The van der Waals surface area contributed by atoms with E-state index < -0.39 is 18.1 Å². The van der Waals surface area contributed by atoms with Crippen molar-refractivity contribution in [1.29, 1.82) is 0 Å². The van der Waals surface area contributed by atoms with E-state index in [1.54, 1.807) is 24.3 Å². The molecule has 1 heterocycles. The third-order valence-corrected chi connectivity index (χ3v) is 6.60. The molecule has 0 aromatic heterocycles. The summed E-state index contributed by atoms with van der Waals surface area (Å²) in [5.41, 5.74) is 3.43. The number of benzene rings is 4. The molecule has 0 radical (unpaired) electrons. The molecule has 4 aromatic carbocycles. The fourth-order valence-corrected chi connectivity index (χ4v) is 4.60. The molecule has 0 unspecified atom stereocenters. The number of hydrogen-bond acceptors (Lipinski definition) is 4. The molecule has 6 heteroatoms. The highest BCUT2D eigenvalue weighted by Crippen LogP contribution is 2.39. The van der Waals surface area contributed by atoms with Crippen molar-refractivity contribution in [1.82, 2.24) is 0 Å². The minimum atomic E-state index is -0.460. The van der Waals surface area contributed by atoms with Gasteiger partial charge in [0.1, 0.15) is 30.1 Å². The smallest absolute Gasteiger partial charge is 0.311 e. The van der Waals surface area contributed by atoms with Crippen molar-refractivity contribution in [2.24, 2.45) is 5.92 Å². The highest BCUT2D eigenvalue weighted by molar-refractivity contribution is 5.75. The first-order valence-electron chi connectivity index (χ1n) is 12.3. The summed E-state index contributed by atoms with van der Waals surface area (Å²) in [6, 6.07) is 29.2. The Morgan fingerprint density at radius 1 is 0.811 bits per heavy atom. The molecule has 188 valence electrons. The summed E-state index contributed by atoms with van der Waals surface area (Å²) < 4.78 is 38.6. The fraction of sp³-hybridized carbons (Fsp3) is 0.194. The van der Waals surface area contributed by atoms with Crippen LogP contribution in [0.2, 0.25) is 0 Å². The highest BCUT2D eigenvalue weighted by Gasteiger charge is 2.37. The second-order valence-electron chi connectivity index (χ2n) is 9.13. The number of cyclic esters (lactones) is 1. The van der Waals surface area contributed by atoms with E-state index in [0.29, 0.717) is 25.1 Å². The second kappa shape index (κ2) is 11.2. The Labute approximate surface area is 214 Å². The van der Waals surface area contributed by atoms with Crippen molar-refractivity contribution in [2.75, 3.05) is 5.32 Å². The van der Waals surface area contributed by atoms with Crippen molar-refractivity contribution in [2.45, 2.75) is 31.6 Å². The quantitative estimate of drug-likeness (QED) is 0.257. The maximum atomic E-state index is 13.5. The molecule has 3 atom stereocenters. The molecule has 0 amide bonds. The third-order valence-electron chi connectivity index (χ3n) is 6.60. The van der Waals surface area contributed by atoms with Crippen LogP contribution in [0.1, 0.15) is 41.7 Å². The molecule has 1 saturated heterocycles. The van der Waals surface area contributed by atoms with Gasteiger partial charge in [-0.2, -0.15) is 0 Å². The van der Waals surface area contributed by atoms with Gasteiger partial charge in [0.25, 0.3) is 0 Å². The average molecular weight is 500 g/mol. The van der Waals surface area contributed by atoms with Crippen LogP contribution in [-0.2, 0) is 16.1 Å². The number of esters is 1. The molecular weight excluding hydrogens is 472 g/mol. The van der Waals surface area contributed by atoms with Crippen LogP contribution in [0.25, 0.3) is 0 Å². The molecule has 1 N–H and O–H groups in total. The lowest BCUT2D eigenvalue weighted by Gasteiger charge is -2.34. The Morgan fingerprint density at radius 2 is 1.46 bits per heavy atom. The second-order valence-corrected chi connectivity index (χ2v) is 9.13. The van der Waals surface area contributed by atoms with Gasteiger partial charge in [-0.1, -0.05) is 54.6 Å². The van der Waals surface area contributed by atoms with Crippen LogP contribution in [0.3, 0.4) is 0 Å². The minimum absolute atomic E-state index is 0.329. The molecule has 0 bridgehead atoms. The minimum Gasteiger partial charge on any atom is -0.489 e. The van der Waals surface area contributed by atoms with Gasteiger partial charge in [0.15, 0.2) is 0 Å². The van der Waals surface area contributed by atoms with Crippen molar-refractivity contribution in [3.05, 3.63) is 131 Å². The van der Waals surface area contributed by atoms with Crippen LogP contribution in [-0.4, -0.2) is 5.97 Å². The molecular formula is C31H27F2NO3. The van der Waals surface area contributed by atoms with Crippen molar-refractivity contribution >= 4 is 11.7 Å². The standard InChI is InChI=1S/C31H27F2NO3/c32-24-10-6-22(7-11-24)29-19-18-28(31(35)37-29)30(34-26-14-12-25(33)13-15-26)23-8-16-27(17-9-23)36-20-21-4-2-1-3-5-21/h1-17,28-30,34H,18-20H2/t28-,29+,30+/m0/s1. The lowest BCUT2D eigenvalue weighted by Crippen LogP contribution is -2.34. The van der Waals surface area contributed by atoms with E-state index in [9.17, 15) is 13.6 Å². The molecule has 0 aliphatic carbocycles. The first-order chi connectivity index (χ1) is 18.0. The number of nitrogens with one attached hydrogen (secondary N) is 1. The fourth-order valence-electron chi connectivity index (χ4n) is 4.60. The summed E-state index contributed by atoms with van der Waals surface area (Å²) in [6.45, 7) is 0.456. The van der Waals surface area contributed by atoms with E-state index >= 15 is 0 Å². The molecule has 0 saturated carbocycles. The van der Waals surface area contributed by atoms with Crippen LogP contribution in [0.4, 0.5) is 14.5 Å². The normalized spacial score (nSPS) is 18.1. The summed E-state index contributed by atoms with van der Waals surface area (Å²) in [6.07, 6.45) is 0.776. The summed E-state index contributed by atoms with van der Waals surface area (Å²) >= 11 is 0. The number of halogens is 2. The summed E-state index contributed by atoms with van der Waals surface area (Å²) in [5, 5.41) is 3.40. The maximum absolute atomic E-state index is 13.5. The lowest BCUT2D eigenvalue weighted by molar-refractivity contribution is -0.161. The summed E-state index contributed by atoms with van der Waals surface area (Å²) in [4.78, 5) is 13.2. The van der Waals surface area contributed by atoms with E-state index in [4.69, 9.17) is 9.47 Å². The lowest BCUT2D eigenvalue weighted by atomic mass is 9.85. The molecule has 1 aliphatic heterocycles. The molecule has 5 rings (SSSR count). The number of anilines is 1. The first kappa shape index (κ1) is 24.5. The van der Waals surface area contributed by atoms with Crippen LogP contribution < -0.4 is 10.1 Å². The van der Waals surface area contributed by atoms with Gasteiger partial charge in [0.2, 0.25) is 0 Å². The number of rotatable bonds is 8. The SMILES string of the molecule is O=C1O[C@@H](c2ccc(F)cc2)CC[C@H]1[C@H](Nc1ccc(F)cc1)c1ccc(OCc2ccccc2)cc1. The van der Waals surface area contributed by atoms with E-state index in [-0.39, 0.29) is 17.6 Å². The largest absolute Gasteiger partial charge is 0.489 e. The van der Waals surface area contributed by atoms with Crippen molar-refractivity contribution < 1.29 is 23.0 Å². The summed E-state index contributed by atoms with van der Waals surface area (Å²) in [5.74, 6) is -0.733. The Morgan fingerprint density at radius 3 is 2.11 bits per heavy atom. The Hall–Kier alpha value is -4.19. The predicted molar refractivity (Wildman–Crippen MR) is 138 cm³/mol. The van der Waals surface area contributed by atoms with Gasteiger partial charge >= 0.3 is 5.97 Å². The molecule has 1 fully saturated rings. The Bertz CT molecular complexity index is 1310. The molecule has 37 heavy (non-hydrogen) atoms. The topological polar surface area (TPSA) is 47.6 Å². The third kappa shape index (κ3) is 6.15. The molecule has 4 aromatic rings. The van der Waals surface area contributed by atoms with E-state index in [2.05, 4.69) is 5.32 Å². The van der Waals surface area contributed by atoms with Crippen LogP contribution in [0.15, 0.2) is 103 Å². The maximum Gasteiger partial charge on any atom is 0.311 e. The van der Waals surface area contributed by atoms with Crippen LogP contribution >= 0.6 is 0 Å². The molecule has 0 spiro atoms. The van der Waals surface area contributed by atoms with E-state index in [0.717, 1.165) is 22.4 Å². The van der Waals surface area contributed by atoms with Gasteiger partial charge in [-0.25, -0.2) is 8.78 Å². The van der Waals surface area contributed by atoms with Gasteiger partial charge in [0.05, 0.1) is 12.0 Å². The van der Waals surface area contributed by atoms with Gasteiger partial charge < -0.3 is 14.8 Å². The Kier molecular flexibility index (Phi) is 7.45. The number of ether oxygens (including phenoxy) is 2. The number of carbonyl (C=O) groups excluding carboxylic acids is 1. The van der Waals surface area contributed by atoms with Gasteiger partial charge in [-0.05, 0) is 78.1 Å². The zero-order valence-corrected chi connectivity index (χ0v) is 20.1. The zero-order chi connectivity index (χ0) is 25.6. The molecule has 1 aliphatic rings. The van der Waals surface area contributed by atoms with Gasteiger partial charge in [-0.3, -0.25) is 4.79 Å². The first-order valence-corrected chi connectivity index (χ1v) is 12.3. The van der Waals surface area contributed by atoms with Crippen molar-refractivity contribution in [3.63, 3.8) is 0 Å². The van der Waals surface area contributed by atoms with Gasteiger partial charge in [-0.15, -0.1) is 0 Å². The molecule has 4 nitrogen and oxygen atoms in total. The van der Waals surface area contributed by atoms with E-state index in [1.807, 2.05) is 54.6 Å². The Balaban J connectivity index is 1.33. The monoisotopic (exact) mass is 499 g/mol. The van der Waals surface area contributed by atoms with Crippen LogP contribution in [0, 0.1) is 17.6 Å². The number of hydrogen-bond donors (Lipinski definition) is 1. The predicted octanol–water partition coefficient (Wildman–Crippen LogP) is 7.39. The average Bonchev–Trinajstić information content (AvgIpc) is 2.93.